The minimum atomic E-state index is -2.84. The fourth-order valence-corrected chi connectivity index (χ4v) is 15.2. The second kappa shape index (κ2) is 39.2. The van der Waals surface area contributed by atoms with Crippen LogP contribution in [-0.2, 0) is 44.9 Å². The van der Waals surface area contributed by atoms with E-state index in [-0.39, 0.29) is 120 Å². The molecule has 0 heterocycles. The monoisotopic (exact) mass is 1490 g/mol. The predicted octanol–water partition coefficient (Wildman–Crippen LogP) is 19.4. The quantitative estimate of drug-likeness (QED) is 0.0203. The van der Waals surface area contributed by atoms with Gasteiger partial charge in [-0.3, -0.25) is 19.2 Å². The Morgan fingerprint density at radius 1 is 0.296 bits per heavy atom. The maximum atomic E-state index is 16.0. The van der Waals surface area contributed by atoms with E-state index in [1.807, 2.05) is 215 Å². The summed E-state index contributed by atoms with van der Waals surface area (Å²) in [5.74, 6) is -0.260. The molecule has 0 radical (unpaired) electrons. The molecule has 0 N–H and O–H groups in total. The largest absolute Gasteiger partial charge is 0.530 e. The van der Waals surface area contributed by atoms with E-state index in [9.17, 15) is 19.2 Å². The zero-order chi connectivity index (χ0) is 76.6. The number of para-hydroxylation sites is 6. The van der Waals surface area contributed by atoms with Crippen molar-refractivity contribution in [3.8, 4) is 57.1 Å². The topological polar surface area (TPSA) is 189 Å². The van der Waals surface area contributed by atoms with Gasteiger partial charge in [-0.1, -0.05) is 158 Å². The Morgan fingerprint density at radius 2 is 0.537 bits per heavy atom. The second-order valence-corrected chi connectivity index (χ2v) is 27.7. The molecule has 0 saturated heterocycles. The lowest BCUT2D eigenvalue weighted by atomic mass is 9.88. The molecule has 18 nitrogen and oxygen atoms in total. The van der Waals surface area contributed by atoms with Crippen molar-refractivity contribution in [2.45, 2.75) is 121 Å². The molecule has 4 amide bonds. The molecule has 108 heavy (non-hydrogen) atoms. The van der Waals surface area contributed by atoms with Gasteiger partial charge in [0.15, 0.2) is 11.5 Å². The first-order valence-corrected chi connectivity index (χ1v) is 39.5. The summed E-state index contributed by atoms with van der Waals surface area (Å²) in [6.07, 6.45) is 1.74. The number of carbonyl (C=O) groups is 6. The number of nitrogens with zero attached hydrogens (tertiary/aromatic N) is 4. The molecule has 10 rings (SSSR count). The summed E-state index contributed by atoms with van der Waals surface area (Å²) in [6, 6.07) is 61.9. The van der Waals surface area contributed by atoms with Crippen LogP contribution in [0.15, 0.2) is 206 Å². The fourth-order valence-electron chi connectivity index (χ4n) is 13.0. The molecule has 0 aromatic heterocycles. The molecule has 10 aromatic carbocycles. The first-order valence-electron chi connectivity index (χ1n) is 37.3. The molecule has 0 bridgehead atoms. The van der Waals surface area contributed by atoms with Crippen molar-refractivity contribution in [3.63, 3.8) is 0 Å². The zero-order valence-electron chi connectivity index (χ0n) is 63.3. The van der Waals surface area contributed by atoms with Gasteiger partial charge in [0, 0.05) is 89.2 Å². The van der Waals surface area contributed by atoms with Crippen LogP contribution >= 0.6 is 17.2 Å². The van der Waals surface area contributed by atoms with Crippen LogP contribution in [0.4, 0.5) is 0 Å². The number of rotatable bonds is 37. The van der Waals surface area contributed by atoms with Crippen molar-refractivity contribution in [1.82, 2.24) is 19.6 Å². The van der Waals surface area contributed by atoms with Gasteiger partial charge >= 0.3 is 29.1 Å². The van der Waals surface area contributed by atoms with Gasteiger partial charge in [0.05, 0.1) is 0 Å². The molecule has 0 fully saturated rings. The Kier molecular flexibility index (Phi) is 28.9. The zero-order valence-corrected chi connectivity index (χ0v) is 65.1. The molecule has 20 heteroatoms. The van der Waals surface area contributed by atoms with Gasteiger partial charge in [-0.25, -0.2) is 9.59 Å². The van der Waals surface area contributed by atoms with E-state index < -0.39 is 29.1 Å². The third-order valence-corrected chi connectivity index (χ3v) is 21.1. The van der Waals surface area contributed by atoms with Crippen molar-refractivity contribution in [1.29, 1.82) is 0 Å². The minimum absolute atomic E-state index is 0.0387. The number of esters is 2. The normalized spacial score (nSPS) is 11.1. The first kappa shape index (κ1) is 79.8. The predicted molar refractivity (Wildman–Crippen MR) is 428 cm³/mol. The van der Waals surface area contributed by atoms with Gasteiger partial charge in [-0.2, -0.15) is 0 Å². The molecule has 0 unspecified atom stereocenters. The smallest absolute Gasteiger partial charge is 0.423 e. The number of hydrogen-bond donors (Lipinski definition) is 0. The number of ether oxygens (including phenoxy) is 2. The highest BCUT2D eigenvalue weighted by Crippen LogP contribution is 2.57. The van der Waals surface area contributed by atoms with E-state index >= 15 is 9.59 Å². The van der Waals surface area contributed by atoms with Crippen molar-refractivity contribution in [2.24, 2.45) is 0 Å². The van der Waals surface area contributed by atoms with Gasteiger partial charge in [-0.05, 0) is 198 Å². The molecule has 0 aliphatic rings. The Bertz CT molecular complexity index is 4340. The highest BCUT2D eigenvalue weighted by Gasteiger charge is 2.37. The number of fused-ring (bicyclic) bond motifs is 2. The van der Waals surface area contributed by atoms with Crippen LogP contribution in [0.5, 0.6) is 46.0 Å². The minimum Gasteiger partial charge on any atom is -0.423 e. The van der Waals surface area contributed by atoms with Gasteiger partial charge in [0.25, 0.3) is 0 Å². The molecule has 0 atom stereocenters. The Labute approximate surface area is 636 Å². The van der Waals surface area contributed by atoms with Crippen LogP contribution in [0.2, 0.25) is 0 Å². The van der Waals surface area contributed by atoms with Crippen LogP contribution in [0, 0.1) is 13.8 Å². The average molecular weight is 1500 g/mol. The van der Waals surface area contributed by atoms with Crippen LogP contribution in [0.3, 0.4) is 0 Å². The van der Waals surface area contributed by atoms with E-state index in [2.05, 4.69) is 0 Å². The van der Waals surface area contributed by atoms with Crippen LogP contribution in [0.25, 0.3) is 32.7 Å². The summed E-state index contributed by atoms with van der Waals surface area (Å²) in [7, 11) is -5.68. The summed E-state index contributed by atoms with van der Waals surface area (Å²) in [4.78, 5) is 94.3. The molecular formula is C88H96N4O14P2. The van der Waals surface area contributed by atoms with E-state index in [0.717, 1.165) is 0 Å². The summed E-state index contributed by atoms with van der Waals surface area (Å²) in [5.41, 5.74) is 4.21. The third kappa shape index (κ3) is 20.1. The van der Waals surface area contributed by atoms with Gasteiger partial charge in [0.2, 0.25) is 23.6 Å². The molecular weight excluding hydrogens is 1400 g/mol. The summed E-state index contributed by atoms with van der Waals surface area (Å²) in [6.45, 7) is 23.5. The van der Waals surface area contributed by atoms with Crippen LogP contribution in [-0.4, -0.2) is 108 Å². The lowest BCUT2D eigenvalue weighted by Crippen LogP contribution is -2.30. The van der Waals surface area contributed by atoms with Gasteiger partial charge < -0.3 is 56.2 Å². The highest BCUT2D eigenvalue weighted by molar-refractivity contribution is 7.43. The molecule has 0 aliphatic carbocycles. The van der Waals surface area contributed by atoms with Gasteiger partial charge in [0.1, 0.15) is 45.6 Å². The van der Waals surface area contributed by atoms with E-state index in [4.69, 9.17) is 36.6 Å². The molecule has 10 aromatic rings. The Balaban J connectivity index is 1.27. The maximum absolute atomic E-state index is 16.0. The van der Waals surface area contributed by atoms with Crippen LogP contribution in [0.1, 0.15) is 135 Å². The van der Waals surface area contributed by atoms with E-state index in [1.54, 1.807) is 80.3 Å². The van der Waals surface area contributed by atoms with Crippen molar-refractivity contribution >= 4 is 74.3 Å². The molecule has 0 aliphatic heterocycles. The number of hydrogen-bond acceptors (Lipinski definition) is 14. The number of benzene rings is 10. The highest BCUT2D eigenvalue weighted by atomic mass is 31.2. The number of carbonyl (C=O) groups excluding carboxylic acids is 6. The van der Waals surface area contributed by atoms with Crippen LogP contribution < -0.4 is 36.6 Å². The molecule has 0 saturated carbocycles. The lowest BCUT2D eigenvalue weighted by Gasteiger charge is -2.27. The molecule has 562 valence electrons. The van der Waals surface area contributed by atoms with E-state index in [0.29, 0.717) is 130 Å². The first-order chi connectivity index (χ1) is 52.5. The Morgan fingerprint density at radius 3 is 0.806 bits per heavy atom. The summed E-state index contributed by atoms with van der Waals surface area (Å²) >= 11 is 0. The average Bonchev–Trinajstić information content (AvgIpc) is 0.728. The number of aryl methyl sites for hydroxylation is 6. The summed E-state index contributed by atoms with van der Waals surface area (Å²) in [5, 5.41) is 2.07. The SMILES string of the molecule is CCN(CC)C(=O)CCc1ccccc1OP(Oc1ccccc1CCC(=O)N(CC)CC)Oc1c(C(=O)Oc2ccccc2C)cc2ccccc2c1-c1c(OP(Oc2ccccc2CCC(=O)N(CC)CC)Oc2ccccc2CCC(=O)N(CC)CC)c(C(=O)Oc2ccccc2C)cc2ccccc12. The Hall–Kier alpha value is -10.8. The lowest BCUT2D eigenvalue weighted by molar-refractivity contribution is -0.131. The third-order valence-electron chi connectivity index (χ3n) is 19.1. The second-order valence-electron chi connectivity index (χ2n) is 25.7. The molecule has 0 spiro atoms. The fraction of sp³-hybridized carbons (Fsp3) is 0.295. The summed E-state index contributed by atoms with van der Waals surface area (Å²) < 4.78 is 57.1. The van der Waals surface area contributed by atoms with E-state index in [1.165, 1.54) is 0 Å². The van der Waals surface area contributed by atoms with Crippen molar-refractivity contribution in [2.75, 3.05) is 52.4 Å². The van der Waals surface area contributed by atoms with Gasteiger partial charge in [-0.15, -0.1) is 0 Å². The van der Waals surface area contributed by atoms with Crippen molar-refractivity contribution < 1.29 is 65.4 Å². The maximum Gasteiger partial charge on any atom is 0.530 e. The number of amides is 4. The van der Waals surface area contributed by atoms with Crippen molar-refractivity contribution in [3.05, 3.63) is 251 Å². The standard InChI is InChI=1S/C88H96N4O14P2/c1-11-89(12-2)79(93)55-51-63-37-23-31-47-75(63)101-107(102-76-48-32-24-38-64(76)52-56-80(94)90(13-3)14-4)105-85-71(87(97)99-73-45-29-19-35-61(73)9)59-67-41-21-27-43-69(67)83(85)84-70-44-28-22-42-68(70)60-72(88(98)100-74-46-30-20-36-62(74)10)86(84)106-108(103-77-49-33-25-39-65(77)53-57-81(95)91(15-5)16-6)104-78-50-34-26-40-66(78)54-58-82(96)92(17-7)18-8/h19-50,59-60H,11-18,51-58H2,1-10H3.